The predicted octanol–water partition coefficient (Wildman–Crippen LogP) is 4.50. The van der Waals surface area contributed by atoms with Crippen LogP contribution in [0.2, 0.25) is 5.02 Å². The number of rotatable bonds is 4. The summed E-state index contributed by atoms with van der Waals surface area (Å²) in [6.07, 6.45) is 4.48. The molecule has 1 aliphatic carbocycles. The fraction of sp³-hybridized carbons (Fsp3) is 0.450. The minimum absolute atomic E-state index is 0.0411. The third-order valence-electron chi connectivity index (χ3n) is 4.81. The quantitative estimate of drug-likeness (QED) is 0.708. The van der Waals surface area contributed by atoms with E-state index in [0.717, 1.165) is 30.4 Å². The molecular formula is C20H25ClFN3O2S. The Morgan fingerprint density at radius 2 is 2.11 bits per heavy atom. The smallest absolute Gasteiger partial charge is 0.272 e. The van der Waals surface area contributed by atoms with Crippen LogP contribution in [-0.4, -0.2) is 19.8 Å². The lowest BCUT2D eigenvalue weighted by Gasteiger charge is -2.30. The Hall–Kier alpha value is -1.54. The van der Waals surface area contributed by atoms with Gasteiger partial charge in [-0.05, 0) is 69.4 Å². The summed E-state index contributed by atoms with van der Waals surface area (Å²) in [5.41, 5.74) is 2.96. The molecule has 0 bridgehead atoms. The molecule has 0 saturated carbocycles. The molecule has 3 rings (SSSR count). The molecule has 0 aliphatic heterocycles. The average Bonchev–Trinajstić information content (AvgIpc) is 2.94. The van der Waals surface area contributed by atoms with E-state index < -0.39 is 17.2 Å². The maximum atomic E-state index is 13.3. The van der Waals surface area contributed by atoms with Crippen LogP contribution in [-0.2, 0) is 24.8 Å². The van der Waals surface area contributed by atoms with Crippen LogP contribution in [0.3, 0.4) is 0 Å². The second-order valence-corrected chi connectivity index (χ2v) is 10.5. The van der Waals surface area contributed by atoms with E-state index in [0.29, 0.717) is 11.4 Å². The van der Waals surface area contributed by atoms with E-state index in [-0.39, 0.29) is 21.7 Å². The number of anilines is 1. The number of nitrogens with one attached hydrogen (secondary N) is 2. The Labute approximate surface area is 173 Å². The fourth-order valence-corrected chi connectivity index (χ4v) is 4.43. The number of hydrogen-bond acceptors (Lipinski definition) is 3. The highest BCUT2D eigenvalue weighted by Gasteiger charge is 2.34. The Bertz CT molecular complexity index is 894. The molecule has 0 fully saturated rings. The maximum Gasteiger partial charge on any atom is 0.272 e. The van der Waals surface area contributed by atoms with Gasteiger partial charge < -0.3 is 14.4 Å². The van der Waals surface area contributed by atoms with Crippen LogP contribution in [0.5, 0.6) is 0 Å². The van der Waals surface area contributed by atoms with Gasteiger partial charge in [0.25, 0.3) is 5.91 Å². The van der Waals surface area contributed by atoms with Gasteiger partial charge >= 0.3 is 0 Å². The zero-order valence-electron chi connectivity index (χ0n) is 16.4. The van der Waals surface area contributed by atoms with Crippen molar-refractivity contribution < 1.29 is 13.7 Å². The van der Waals surface area contributed by atoms with Gasteiger partial charge in [-0.2, -0.15) is 0 Å². The molecule has 1 aromatic heterocycles. The molecule has 5 nitrogen and oxygen atoms in total. The highest BCUT2D eigenvalue weighted by Crippen LogP contribution is 2.35. The van der Waals surface area contributed by atoms with Crippen molar-refractivity contribution >= 4 is 34.6 Å². The largest absolute Gasteiger partial charge is 0.598 e. The molecule has 152 valence electrons. The Morgan fingerprint density at radius 3 is 2.75 bits per heavy atom. The lowest BCUT2D eigenvalue weighted by Crippen LogP contribution is -2.42. The van der Waals surface area contributed by atoms with Gasteiger partial charge in [-0.25, -0.2) is 4.39 Å². The third kappa shape index (κ3) is 4.38. The number of carbonyl (C=O) groups excluding carboxylic acids is 1. The number of halogens is 2. The van der Waals surface area contributed by atoms with Crippen LogP contribution in [0.1, 0.15) is 61.3 Å². The van der Waals surface area contributed by atoms with E-state index in [4.69, 9.17) is 11.6 Å². The van der Waals surface area contributed by atoms with Crippen LogP contribution >= 0.6 is 11.6 Å². The molecule has 8 heteroatoms. The molecule has 1 unspecified atom stereocenters. The summed E-state index contributed by atoms with van der Waals surface area (Å²) < 4.78 is 30.5. The highest BCUT2D eigenvalue weighted by atomic mass is 35.5. The maximum absolute atomic E-state index is 13.3. The SMILES string of the molecule is Cn1cc2c(c1C(=O)Nc1ccc(F)c(Cl)c1)CCC[C@@H]2N[S+]([O-])C(C)(C)C. The van der Waals surface area contributed by atoms with E-state index in [9.17, 15) is 13.7 Å². The number of benzene rings is 1. The summed E-state index contributed by atoms with van der Waals surface area (Å²) in [4.78, 5) is 12.9. The van der Waals surface area contributed by atoms with Gasteiger partial charge in [0.15, 0.2) is 0 Å². The van der Waals surface area contributed by atoms with Gasteiger partial charge in [0, 0.05) is 30.3 Å². The van der Waals surface area contributed by atoms with Gasteiger partial charge in [0.2, 0.25) is 0 Å². The number of amides is 1. The monoisotopic (exact) mass is 425 g/mol. The van der Waals surface area contributed by atoms with Gasteiger partial charge in [0.1, 0.15) is 16.3 Å². The number of carbonyl (C=O) groups is 1. The first kappa shape index (κ1) is 21.2. The summed E-state index contributed by atoms with van der Waals surface area (Å²) in [5, 5.41) is 2.75. The van der Waals surface area contributed by atoms with Crippen molar-refractivity contribution in [2.45, 2.75) is 50.8 Å². The summed E-state index contributed by atoms with van der Waals surface area (Å²) in [6.45, 7) is 5.78. The number of aromatic nitrogens is 1. The second kappa shape index (κ2) is 8.06. The van der Waals surface area contributed by atoms with Crippen molar-refractivity contribution in [3.63, 3.8) is 0 Å². The van der Waals surface area contributed by atoms with E-state index in [1.165, 1.54) is 18.2 Å². The van der Waals surface area contributed by atoms with Gasteiger partial charge in [-0.15, -0.1) is 4.72 Å². The Kier molecular flexibility index (Phi) is 6.10. The molecule has 2 atom stereocenters. The number of hydrogen-bond donors (Lipinski definition) is 2. The average molecular weight is 426 g/mol. The van der Waals surface area contributed by atoms with Crippen molar-refractivity contribution in [2.75, 3.05) is 5.32 Å². The van der Waals surface area contributed by atoms with E-state index in [2.05, 4.69) is 10.0 Å². The summed E-state index contributed by atoms with van der Waals surface area (Å²) >= 11 is 4.61. The van der Waals surface area contributed by atoms with Crippen LogP contribution in [0, 0.1) is 5.82 Å². The Balaban J connectivity index is 1.85. The summed E-state index contributed by atoms with van der Waals surface area (Å²) in [6, 6.07) is 4.03. The van der Waals surface area contributed by atoms with Crippen molar-refractivity contribution in [3.05, 3.63) is 52.1 Å². The van der Waals surface area contributed by atoms with E-state index >= 15 is 0 Å². The Morgan fingerprint density at radius 1 is 1.39 bits per heavy atom. The minimum Gasteiger partial charge on any atom is -0.598 e. The molecule has 1 amide bonds. The lowest BCUT2D eigenvalue weighted by atomic mass is 9.90. The molecule has 28 heavy (non-hydrogen) atoms. The van der Waals surface area contributed by atoms with Crippen molar-refractivity contribution in [3.8, 4) is 0 Å². The zero-order chi connectivity index (χ0) is 20.6. The van der Waals surface area contributed by atoms with Crippen molar-refractivity contribution in [2.24, 2.45) is 7.05 Å². The van der Waals surface area contributed by atoms with Crippen LogP contribution in [0.4, 0.5) is 10.1 Å². The number of aryl methyl sites for hydroxylation is 1. The standard InChI is InChI=1S/C20H25ClFN3O2S/c1-20(2,3)28(27)24-17-7-5-6-13-14(17)11-25(4)18(13)19(26)23-12-8-9-16(22)15(21)10-12/h8-11,17,24H,5-7H2,1-4H3,(H,23,26)/t17-,28?/m0/s1. The second-order valence-electron chi connectivity index (χ2n) is 8.05. The third-order valence-corrected chi connectivity index (χ3v) is 6.71. The molecule has 0 radical (unpaired) electrons. The highest BCUT2D eigenvalue weighted by molar-refractivity contribution is 7.90. The lowest BCUT2D eigenvalue weighted by molar-refractivity contribution is 0.101. The molecule has 1 aliphatic rings. The van der Waals surface area contributed by atoms with E-state index in [1.54, 1.807) is 4.57 Å². The normalized spacial score (nSPS) is 17.9. The molecule has 1 heterocycles. The number of fused-ring (bicyclic) bond motifs is 1. The molecule has 2 aromatic rings. The number of nitrogens with zero attached hydrogens (tertiary/aromatic N) is 1. The van der Waals surface area contributed by atoms with Crippen LogP contribution < -0.4 is 10.0 Å². The fourth-order valence-electron chi connectivity index (χ4n) is 3.39. The topological polar surface area (TPSA) is 69.1 Å². The van der Waals surface area contributed by atoms with Gasteiger partial charge in [-0.3, -0.25) is 4.79 Å². The zero-order valence-corrected chi connectivity index (χ0v) is 18.0. The predicted molar refractivity (Wildman–Crippen MR) is 111 cm³/mol. The first-order valence-electron chi connectivity index (χ1n) is 9.20. The molecule has 0 saturated heterocycles. The van der Waals surface area contributed by atoms with Crippen LogP contribution in [0.15, 0.2) is 24.4 Å². The first-order chi connectivity index (χ1) is 13.1. The van der Waals surface area contributed by atoms with Gasteiger partial charge in [0.05, 0.1) is 11.1 Å². The summed E-state index contributed by atoms with van der Waals surface area (Å²) in [5.74, 6) is -0.805. The first-order valence-corrected chi connectivity index (χ1v) is 10.7. The minimum atomic E-state index is -1.20. The molecular weight excluding hydrogens is 401 g/mol. The van der Waals surface area contributed by atoms with Crippen LogP contribution in [0.25, 0.3) is 0 Å². The van der Waals surface area contributed by atoms with E-state index in [1.807, 2.05) is 34.0 Å². The van der Waals surface area contributed by atoms with Crippen molar-refractivity contribution in [1.29, 1.82) is 0 Å². The molecule has 0 spiro atoms. The molecule has 2 N–H and O–H groups in total. The molecule has 1 aromatic carbocycles. The van der Waals surface area contributed by atoms with Crippen molar-refractivity contribution in [1.82, 2.24) is 9.29 Å². The summed E-state index contributed by atoms with van der Waals surface area (Å²) in [7, 11) is 1.82. The van der Waals surface area contributed by atoms with Gasteiger partial charge in [-0.1, -0.05) is 11.6 Å².